The molecule has 7 rings (SSSR count). The molecule has 0 fully saturated rings. The van der Waals surface area contributed by atoms with E-state index in [1.807, 2.05) is 12.3 Å². The zero-order chi connectivity index (χ0) is 32.8. The third-order valence-electron chi connectivity index (χ3n) is 10.2. The molecule has 0 spiro atoms. The Hall–Kier alpha value is -4.64. The number of rotatable bonds is 8. The van der Waals surface area contributed by atoms with Crippen molar-refractivity contribution >= 4 is 21.8 Å². The van der Waals surface area contributed by atoms with Crippen LogP contribution in [0, 0.1) is 26.7 Å². The van der Waals surface area contributed by atoms with Crippen LogP contribution in [0.15, 0.2) is 90.6 Å². The molecule has 0 aliphatic heterocycles. The summed E-state index contributed by atoms with van der Waals surface area (Å²) in [5.41, 5.74) is 11.0. The summed E-state index contributed by atoms with van der Waals surface area (Å²) in [6, 6.07) is 25.7. The highest BCUT2D eigenvalue weighted by Crippen LogP contribution is 2.44. The van der Waals surface area contributed by atoms with Gasteiger partial charge in [0.2, 0.25) is 0 Å². The SMILES string of the molecule is CCC1=CCC[C@H](CC)C1c1c(C)nn(-c2cc(Oc3ccc4c5ccccc5n(-c5cc(C)ccn5)c4c3)cc(C(C)C)c2)c1C. The van der Waals surface area contributed by atoms with Crippen LogP contribution in [0.4, 0.5) is 0 Å². The van der Waals surface area contributed by atoms with Gasteiger partial charge in [0.15, 0.2) is 0 Å². The summed E-state index contributed by atoms with van der Waals surface area (Å²) in [6.45, 7) is 15.7. The van der Waals surface area contributed by atoms with Crippen LogP contribution in [0.5, 0.6) is 11.5 Å². The molecule has 0 radical (unpaired) electrons. The van der Waals surface area contributed by atoms with Gasteiger partial charge in [0.1, 0.15) is 17.3 Å². The van der Waals surface area contributed by atoms with E-state index >= 15 is 0 Å². The maximum absolute atomic E-state index is 6.73. The van der Waals surface area contributed by atoms with E-state index in [0.717, 1.165) is 46.2 Å². The summed E-state index contributed by atoms with van der Waals surface area (Å²) in [7, 11) is 0. The Morgan fingerprint density at radius 3 is 2.45 bits per heavy atom. The second-order valence-electron chi connectivity index (χ2n) is 13.6. The fourth-order valence-electron chi connectivity index (χ4n) is 7.82. The summed E-state index contributed by atoms with van der Waals surface area (Å²) in [5, 5.41) is 7.56. The van der Waals surface area contributed by atoms with Gasteiger partial charge in [0, 0.05) is 46.3 Å². The predicted octanol–water partition coefficient (Wildman–Crippen LogP) is 11.4. The second kappa shape index (κ2) is 12.5. The molecule has 47 heavy (non-hydrogen) atoms. The van der Waals surface area contributed by atoms with Crippen LogP contribution in [-0.4, -0.2) is 19.3 Å². The lowest BCUT2D eigenvalue weighted by molar-refractivity contribution is 0.393. The number of pyridine rings is 1. The largest absolute Gasteiger partial charge is 0.457 e. The number of aryl methyl sites for hydroxylation is 2. The van der Waals surface area contributed by atoms with Crippen molar-refractivity contribution in [3.8, 4) is 23.0 Å². The molecule has 0 saturated carbocycles. The van der Waals surface area contributed by atoms with Gasteiger partial charge in [-0.25, -0.2) is 9.67 Å². The van der Waals surface area contributed by atoms with E-state index in [0.29, 0.717) is 17.8 Å². The molecule has 5 nitrogen and oxygen atoms in total. The molecule has 1 aliphatic rings. The molecule has 0 N–H and O–H groups in total. The van der Waals surface area contributed by atoms with Crippen LogP contribution < -0.4 is 4.74 Å². The summed E-state index contributed by atoms with van der Waals surface area (Å²) in [4.78, 5) is 4.75. The lowest BCUT2D eigenvalue weighted by atomic mass is 9.72. The monoisotopic (exact) mass is 622 g/mol. The van der Waals surface area contributed by atoms with Crippen molar-refractivity contribution in [3.63, 3.8) is 0 Å². The summed E-state index contributed by atoms with van der Waals surface area (Å²) in [5.74, 6) is 3.95. The van der Waals surface area contributed by atoms with Gasteiger partial charge in [-0.15, -0.1) is 0 Å². The van der Waals surface area contributed by atoms with E-state index in [1.165, 1.54) is 52.4 Å². The van der Waals surface area contributed by atoms with Crippen molar-refractivity contribution < 1.29 is 4.74 Å². The Balaban J connectivity index is 1.32. The molecule has 3 heterocycles. The highest BCUT2D eigenvalue weighted by molar-refractivity contribution is 6.09. The minimum absolute atomic E-state index is 0.337. The van der Waals surface area contributed by atoms with Crippen LogP contribution in [-0.2, 0) is 0 Å². The fraction of sp³-hybridized carbons (Fsp3) is 0.333. The standard InChI is InChI=1S/C42H46N4O/c1-8-30-13-12-14-31(9-2)42(30)41-28(6)44-46(29(41)7)33-22-32(26(3)4)23-35(24-33)47-34-17-18-37-36-15-10-11-16-38(36)45(39(37)25-34)40-21-27(5)19-20-43-40/h10-11,13,15-26,31,42H,8-9,12,14H2,1-7H3/t31-,42?/m0/s1. The smallest absolute Gasteiger partial charge is 0.137 e. The van der Waals surface area contributed by atoms with Gasteiger partial charge < -0.3 is 4.74 Å². The van der Waals surface area contributed by atoms with Crippen molar-refractivity contribution in [1.29, 1.82) is 0 Å². The van der Waals surface area contributed by atoms with Crippen molar-refractivity contribution in [3.05, 3.63) is 119 Å². The van der Waals surface area contributed by atoms with E-state index in [9.17, 15) is 0 Å². The van der Waals surface area contributed by atoms with E-state index in [2.05, 4.69) is 131 Å². The highest BCUT2D eigenvalue weighted by Gasteiger charge is 2.32. The van der Waals surface area contributed by atoms with Crippen molar-refractivity contribution in [2.75, 3.05) is 0 Å². The molecule has 0 amide bonds. The van der Waals surface area contributed by atoms with Crippen LogP contribution >= 0.6 is 0 Å². The fourth-order valence-corrected chi connectivity index (χ4v) is 7.82. The van der Waals surface area contributed by atoms with E-state index in [4.69, 9.17) is 14.8 Å². The van der Waals surface area contributed by atoms with Crippen LogP contribution in [0.2, 0.25) is 0 Å². The molecule has 2 atom stereocenters. The van der Waals surface area contributed by atoms with Gasteiger partial charge in [0.05, 0.1) is 22.4 Å². The van der Waals surface area contributed by atoms with Crippen LogP contribution in [0.1, 0.15) is 93.3 Å². The number of allylic oxidation sites excluding steroid dienone is 2. The third kappa shape index (κ3) is 5.56. The average Bonchev–Trinajstić information content (AvgIpc) is 3.56. The minimum Gasteiger partial charge on any atom is -0.457 e. The first-order valence-corrected chi connectivity index (χ1v) is 17.3. The number of fused-ring (bicyclic) bond motifs is 3. The minimum atomic E-state index is 0.337. The quantitative estimate of drug-likeness (QED) is 0.159. The second-order valence-corrected chi connectivity index (χ2v) is 13.6. The highest BCUT2D eigenvalue weighted by atomic mass is 16.5. The third-order valence-corrected chi connectivity index (χ3v) is 10.2. The number of aromatic nitrogens is 4. The molecule has 1 aliphatic carbocycles. The molecule has 3 aromatic carbocycles. The molecule has 0 bridgehead atoms. The Labute approximate surface area is 278 Å². The van der Waals surface area contributed by atoms with Crippen molar-refractivity contribution in [2.45, 2.75) is 86.0 Å². The summed E-state index contributed by atoms with van der Waals surface area (Å²) >= 11 is 0. The van der Waals surface area contributed by atoms with Gasteiger partial charge in [-0.2, -0.15) is 5.10 Å². The molecule has 6 aromatic rings. The zero-order valence-corrected chi connectivity index (χ0v) is 28.8. The number of hydrogen-bond acceptors (Lipinski definition) is 3. The van der Waals surface area contributed by atoms with E-state index < -0.39 is 0 Å². The maximum Gasteiger partial charge on any atom is 0.137 e. The normalized spacial score (nSPS) is 16.7. The molecule has 0 saturated heterocycles. The number of hydrogen-bond donors (Lipinski definition) is 0. The Bertz CT molecular complexity index is 2130. The van der Waals surface area contributed by atoms with Gasteiger partial charge in [-0.05, 0) is 105 Å². The van der Waals surface area contributed by atoms with Crippen molar-refractivity contribution in [1.82, 2.24) is 19.3 Å². The molecular formula is C42H46N4O. The first kappa shape index (κ1) is 31.0. The first-order chi connectivity index (χ1) is 22.8. The van der Waals surface area contributed by atoms with Crippen LogP contribution in [0.25, 0.3) is 33.3 Å². The Morgan fingerprint density at radius 2 is 1.68 bits per heavy atom. The lowest BCUT2D eigenvalue weighted by Crippen LogP contribution is -2.19. The lowest BCUT2D eigenvalue weighted by Gasteiger charge is -2.32. The molecule has 1 unspecified atom stereocenters. The van der Waals surface area contributed by atoms with Gasteiger partial charge >= 0.3 is 0 Å². The molecule has 5 heteroatoms. The summed E-state index contributed by atoms with van der Waals surface area (Å²) < 4.78 is 11.1. The Kier molecular flexibility index (Phi) is 8.25. The molecular weight excluding hydrogens is 576 g/mol. The van der Waals surface area contributed by atoms with Gasteiger partial charge in [0.25, 0.3) is 0 Å². The topological polar surface area (TPSA) is 44.9 Å². The zero-order valence-electron chi connectivity index (χ0n) is 28.8. The molecule has 3 aromatic heterocycles. The van der Waals surface area contributed by atoms with Gasteiger partial charge in [-0.3, -0.25) is 4.57 Å². The summed E-state index contributed by atoms with van der Waals surface area (Å²) in [6.07, 6.45) is 9.09. The average molecular weight is 623 g/mol. The first-order valence-electron chi connectivity index (χ1n) is 17.3. The number of para-hydroxylation sites is 1. The van der Waals surface area contributed by atoms with Crippen molar-refractivity contribution in [2.24, 2.45) is 5.92 Å². The number of ether oxygens (including phenoxy) is 1. The number of benzene rings is 3. The van der Waals surface area contributed by atoms with E-state index in [-0.39, 0.29) is 0 Å². The van der Waals surface area contributed by atoms with Gasteiger partial charge in [-0.1, -0.05) is 64.0 Å². The predicted molar refractivity (Wildman–Crippen MR) is 195 cm³/mol. The number of nitrogens with zero attached hydrogens (tertiary/aromatic N) is 4. The van der Waals surface area contributed by atoms with Crippen LogP contribution in [0.3, 0.4) is 0 Å². The molecule has 240 valence electrons. The van der Waals surface area contributed by atoms with E-state index in [1.54, 1.807) is 5.57 Å². The Morgan fingerprint density at radius 1 is 0.872 bits per heavy atom. The maximum atomic E-state index is 6.73.